The standard InChI is InChI=1S/C10H12F2N2O3S/c1-4(2)9(15)13-3-5-14-6(8(11)12)7(18-5)10(16)17/h4,8H,3H2,1-2H3,(H,13,15)(H,16,17). The number of rotatable bonds is 5. The van der Waals surface area contributed by atoms with Crippen molar-refractivity contribution in [2.45, 2.75) is 26.8 Å². The average Bonchev–Trinajstić information content (AvgIpc) is 2.69. The molecule has 1 aromatic heterocycles. The molecule has 0 spiro atoms. The fourth-order valence-corrected chi connectivity index (χ4v) is 1.97. The van der Waals surface area contributed by atoms with Crippen LogP contribution in [0.2, 0.25) is 0 Å². The minimum absolute atomic E-state index is 0.0469. The van der Waals surface area contributed by atoms with Gasteiger partial charge in [-0.25, -0.2) is 18.6 Å². The Morgan fingerprint density at radius 2 is 2.06 bits per heavy atom. The number of aromatic carboxylic acids is 1. The van der Waals surface area contributed by atoms with Crippen LogP contribution in [-0.4, -0.2) is 22.0 Å². The molecular weight excluding hydrogens is 266 g/mol. The quantitative estimate of drug-likeness (QED) is 0.864. The number of thiazole rings is 1. The van der Waals surface area contributed by atoms with Crippen molar-refractivity contribution in [3.8, 4) is 0 Å². The van der Waals surface area contributed by atoms with Crippen molar-refractivity contribution in [2.24, 2.45) is 5.92 Å². The Kier molecular flexibility index (Phi) is 4.71. The summed E-state index contributed by atoms with van der Waals surface area (Å²) in [4.78, 5) is 25.1. The molecule has 2 N–H and O–H groups in total. The number of carboxylic acid groups (broad SMARTS) is 1. The molecule has 1 rings (SSSR count). The molecule has 5 nitrogen and oxygen atoms in total. The van der Waals surface area contributed by atoms with Gasteiger partial charge in [0.1, 0.15) is 15.6 Å². The van der Waals surface area contributed by atoms with Crippen molar-refractivity contribution in [3.63, 3.8) is 0 Å². The van der Waals surface area contributed by atoms with Crippen LogP contribution in [-0.2, 0) is 11.3 Å². The van der Waals surface area contributed by atoms with Gasteiger partial charge in [-0.3, -0.25) is 4.79 Å². The van der Waals surface area contributed by atoms with Crippen molar-refractivity contribution in [1.82, 2.24) is 10.3 Å². The number of amides is 1. The lowest BCUT2D eigenvalue weighted by molar-refractivity contribution is -0.124. The summed E-state index contributed by atoms with van der Waals surface area (Å²) in [6.07, 6.45) is -2.94. The van der Waals surface area contributed by atoms with Crippen LogP contribution >= 0.6 is 11.3 Å². The number of aromatic nitrogens is 1. The number of carbonyl (C=O) groups excluding carboxylic acids is 1. The number of hydrogen-bond donors (Lipinski definition) is 2. The highest BCUT2D eigenvalue weighted by Crippen LogP contribution is 2.27. The van der Waals surface area contributed by atoms with E-state index in [1.165, 1.54) is 0 Å². The van der Waals surface area contributed by atoms with E-state index in [9.17, 15) is 18.4 Å². The molecule has 1 aromatic rings. The summed E-state index contributed by atoms with van der Waals surface area (Å²) in [6.45, 7) is 3.32. The Bertz CT molecular complexity index is 460. The van der Waals surface area contributed by atoms with Gasteiger partial charge in [0.05, 0.1) is 6.54 Å². The molecule has 0 unspecified atom stereocenters. The Hall–Kier alpha value is -1.57. The number of hydrogen-bond acceptors (Lipinski definition) is 4. The molecule has 1 heterocycles. The van der Waals surface area contributed by atoms with Gasteiger partial charge in [-0.1, -0.05) is 13.8 Å². The van der Waals surface area contributed by atoms with Crippen LogP contribution in [0.15, 0.2) is 0 Å². The fraction of sp³-hybridized carbons (Fsp3) is 0.500. The molecule has 0 aromatic carbocycles. The van der Waals surface area contributed by atoms with Crippen LogP contribution in [0, 0.1) is 5.92 Å². The zero-order chi connectivity index (χ0) is 13.9. The number of carbonyl (C=O) groups is 2. The van der Waals surface area contributed by atoms with Gasteiger partial charge in [-0.15, -0.1) is 11.3 Å². The second-order valence-electron chi connectivity index (χ2n) is 3.80. The predicted octanol–water partition coefficient (Wildman–Crippen LogP) is 2.05. The van der Waals surface area contributed by atoms with E-state index in [0.717, 1.165) is 0 Å². The molecule has 18 heavy (non-hydrogen) atoms. The lowest BCUT2D eigenvalue weighted by Crippen LogP contribution is -2.27. The summed E-state index contributed by atoms with van der Waals surface area (Å²) in [6, 6.07) is 0. The van der Waals surface area contributed by atoms with Gasteiger partial charge in [0, 0.05) is 5.92 Å². The molecular formula is C10H12F2N2O3S. The molecule has 0 fully saturated rings. The molecule has 0 bridgehead atoms. The Morgan fingerprint density at radius 1 is 1.44 bits per heavy atom. The Balaban J connectivity index is 2.82. The van der Waals surface area contributed by atoms with Crippen molar-refractivity contribution >= 4 is 23.2 Å². The van der Waals surface area contributed by atoms with E-state index < -0.39 is 23.0 Å². The SMILES string of the molecule is CC(C)C(=O)NCc1nc(C(F)F)c(C(=O)O)s1. The first-order valence-electron chi connectivity index (χ1n) is 5.11. The van der Waals surface area contributed by atoms with E-state index in [-0.39, 0.29) is 23.4 Å². The minimum atomic E-state index is -2.94. The normalized spacial score (nSPS) is 11.0. The number of nitrogens with zero attached hydrogens (tertiary/aromatic N) is 1. The maximum absolute atomic E-state index is 12.5. The van der Waals surface area contributed by atoms with Crippen LogP contribution in [0.5, 0.6) is 0 Å². The summed E-state index contributed by atoms with van der Waals surface area (Å²) in [7, 11) is 0. The second kappa shape index (κ2) is 5.85. The highest BCUT2D eigenvalue weighted by Gasteiger charge is 2.24. The van der Waals surface area contributed by atoms with E-state index in [1.807, 2.05) is 0 Å². The van der Waals surface area contributed by atoms with E-state index in [1.54, 1.807) is 13.8 Å². The summed E-state index contributed by atoms with van der Waals surface area (Å²) in [5, 5.41) is 11.4. The smallest absolute Gasteiger partial charge is 0.348 e. The summed E-state index contributed by atoms with van der Waals surface area (Å²) in [5.74, 6) is -1.93. The summed E-state index contributed by atoms with van der Waals surface area (Å²) >= 11 is 0.644. The Labute approximate surface area is 106 Å². The van der Waals surface area contributed by atoms with E-state index in [4.69, 9.17) is 5.11 Å². The molecule has 0 saturated carbocycles. The minimum Gasteiger partial charge on any atom is -0.477 e. The topological polar surface area (TPSA) is 79.3 Å². The number of carboxylic acids is 1. The van der Waals surface area contributed by atoms with Crippen molar-refractivity contribution in [2.75, 3.05) is 0 Å². The molecule has 1 amide bonds. The van der Waals surface area contributed by atoms with Crippen LogP contribution in [0.4, 0.5) is 8.78 Å². The van der Waals surface area contributed by atoms with Gasteiger partial charge in [-0.05, 0) is 0 Å². The molecule has 100 valence electrons. The predicted molar refractivity (Wildman–Crippen MR) is 60.7 cm³/mol. The molecule has 0 aliphatic carbocycles. The number of nitrogens with one attached hydrogen (secondary N) is 1. The third kappa shape index (κ3) is 3.46. The van der Waals surface area contributed by atoms with Crippen LogP contribution < -0.4 is 5.32 Å². The molecule has 0 radical (unpaired) electrons. The fourth-order valence-electron chi connectivity index (χ4n) is 1.12. The van der Waals surface area contributed by atoms with Crippen LogP contribution in [0.3, 0.4) is 0 Å². The molecule has 0 atom stereocenters. The molecule has 0 aliphatic heterocycles. The molecule has 8 heteroatoms. The van der Waals surface area contributed by atoms with Crippen molar-refractivity contribution < 1.29 is 23.5 Å². The van der Waals surface area contributed by atoms with E-state index >= 15 is 0 Å². The van der Waals surface area contributed by atoms with Gasteiger partial charge in [0.2, 0.25) is 5.91 Å². The van der Waals surface area contributed by atoms with Gasteiger partial charge in [-0.2, -0.15) is 0 Å². The monoisotopic (exact) mass is 278 g/mol. The maximum Gasteiger partial charge on any atom is 0.348 e. The third-order valence-corrected chi connectivity index (χ3v) is 3.10. The first-order valence-corrected chi connectivity index (χ1v) is 5.93. The molecule has 0 saturated heterocycles. The van der Waals surface area contributed by atoms with E-state index in [2.05, 4.69) is 10.3 Å². The van der Waals surface area contributed by atoms with Gasteiger partial charge in [0.15, 0.2) is 0 Å². The van der Waals surface area contributed by atoms with Crippen LogP contribution in [0.1, 0.15) is 40.6 Å². The van der Waals surface area contributed by atoms with Gasteiger partial charge in [0.25, 0.3) is 6.43 Å². The third-order valence-electron chi connectivity index (χ3n) is 2.04. The highest BCUT2D eigenvalue weighted by molar-refractivity contribution is 7.13. The molecule has 0 aliphatic rings. The lowest BCUT2D eigenvalue weighted by atomic mass is 10.2. The number of alkyl halides is 2. The largest absolute Gasteiger partial charge is 0.477 e. The Morgan fingerprint density at radius 3 is 2.44 bits per heavy atom. The van der Waals surface area contributed by atoms with Crippen LogP contribution in [0.25, 0.3) is 0 Å². The number of halogens is 2. The average molecular weight is 278 g/mol. The van der Waals surface area contributed by atoms with Gasteiger partial charge >= 0.3 is 5.97 Å². The van der Waals surface area contributed by atoms with Gasteiger partial charge < -0.3 is 10.4 Å². The zero-order valence-corrected chi connectivity index (χ0v) is 10.6. The van der Waals surface area contributed by atoms with Crippen molar-refractivity contribution in [1.29, 1.82) is 0 Å². The lowest BCUT2D eigenvalue weighted by Gasteiger charge is -2.04. The maximum atomic E-state index is 12.5. The summed E-state index contributed by atoms with van der Waals surface area (Å²) in [5.41, 5.74) is -0.749. The summed E-state index contributed by atoms with van der Waals surface area (Å²) < 4.78 is 25.0. The van der Waals surface area contributed by atoms with Crippen molar-refractivity contribution in [3.05, 3.63) is 15.6 Å². The second-order valence-corrected chi connectivity index (χ2v) is 4.88. The first-order chi connectivity index (χ1) is 8.32. The zero-order valence-electron chi connectivity index (χ0n) is 9.74. The van der Waals surface area contributed by atoms with E-state index in [0.29, 0.717) is 11.3 Å². The highest BCUT2D eigenvalue weighted by atomic mass is 32.1. The first kappa shape index (κ1) is 14.5.